The van der Waals surface area contributed by atoms with E-state index in [2.05, 4.69) is 0 Å². The summed E-state index contributed by atoms with van der Waals surface area (Å²) < 4.78 is 37.3. The zero-order valence-corrected chi connectivity index (χ0v) is 10.5. The molecule has 1 aromatic rings. The highest BCUT2D eigenvalue weighted by Crippen LogP contribution is 2.29. The number of alkyl halides is 3. The van der Waals surface area contributed by atoms with E-state index in [1.807, 2.05) is 0 Å². The third-order valence-corrected chi connectivity index (χ3v) is 3.35. The molecular weight excluding hydrogens is 255 g/mol. The van der Waals surface area contributed by atoms with Crippen LogP contribution in [0, 0.1) is 0 Å². The van der Waals surface area contributed by atoms with Crippen LogP contribution in [-0.4, -0.2) is 23.9 Å². The average molecular weight is 271 g/mol. The third-order valence-electron chi connectivity index (χ3n) is 3.35. The Hall–Kier alpha value is -1.52. The average Bonchev–Trinajstić information content (AvgIpc) is 2.66. The first kappa shape index (κ1) is 13.9. The van der Waals surface area contributed by atoms with Gasteiger partial charge in [0.25, 0.3) is 5.91 Å². The molecule has 1 heterocycles. The molecule has 1 aliphatic heterocycles. The standard InChI is InChI=1S/C14H16F3NO/c15-14(16,17)12-7-5-11(6-8-12)13(19)18-9-3-1-2-4-10-18/h5-8H,1-4,9-10H2. The first-order chi connectivity index (χ1) is 8.98. The number of rotatable bonds is 1. The molecule has 1 aliphatic rings. The zero-order valence-electron chi connectivity index (χ0n) is 10.5. The number of carbonyl (C=O) groups is 1. The fraction of sp³-hybridized carbons (Fsp3) is 0.500. The van der Waals surface area contributed by atoms with E-state index in [4.69, 9.17) is 0 Å². The molecule has 1 amide bonds. The maximum atomic E-state index is 12.4. The number of carbonyl (C=O) groups excluding carboxylic acids is 1. The largest absolute Gasteiger partial charge is 0.416 e. The number of benzene rings is 1. The Morgan fingerprint density at radius 2 is 1.47 bits per heavy atom. The van der Waals surface area contributed by atoms with Crippen molar-refractivity contribution in [1.82, 2.24) is 4.90 Å². The van der Waals surface area contributed by atoms with E-state index in [1.54, 1.807) is 4.90 Å². The third kappa shape index (κ3) is 3.49. The summed E-state index contributed by atoms with van der Waals surface area (Å²) in [5.41, 5.74) is -0.394. The van der Waals surface area contributed by atoms with Crippen molar-refractivity contribution in [3.05, 3.63) is 35.4 Å². The minimum atomic E-state index is -4.36. The van der Waals surface area contributed by atoms with Gasteiger partial charge in [0.2, 0.25) is 0 Å². The van der Waals surface area contributed by atoms with E-state index in [0.29, 0.717) is 18.7 Å². The van der Waals surface area contributed by atoms with E-state index in [1.165, 1.54) is 12.1 Å². The van der Waals surface area contributed by atoms with Crippen LogP contribution in [0.3, 0.4) is 0 Å². The zero-order chi connectivity index (χ0) is 13.9. The van der Waals surface area contributed by atoms with Gasteiger partial charge >= 0.3 is 6.18 Å². The molecule has 2 nitrogen and oxygen atoms in total. The lowest BCUT2D eigenvalue weighted by molar-refractivity contribution is -0.137. The molecule has 5 heteroatoms. The molecule has 0 N–H and O–H groups in total. The minimum Gasteiger partial charge on any atom is -0.339 e. The number of hydrogen-bond donors (Lipinski definition) is 0. The molecule has 19 heavy (non-hydrogen) atoms. The Balaban J connectivity index is 2.10. The van der Waals surface area contributed by atoms with Crippen LogP contribution in [0.4, 0.5) is 13.2 Å². The van der Waals surface area contributed by atoms with E-state index in [-0.39, 0.29) is 5.91 Å². The summed E-state index contributed by atoms with van der Waals surface area (Å²) in [7, 11) is 0. The van der Waals surface area contributed by atoms with Crippen LogP contribution in [0.2, 0.25) is 0 Å². The monoisotopic (exact) mass is 271 g/mol. The quantitative estimate of drug-likeness (QED) is 0.762. The normalized spacial score (nSPS) is 17.1. The summed E-state index contributed by atoms with van der Waals surface area (Å²) in [6, 6.07) is 4.45. The molecule has 0 saturated carbocycles. The summed E-state index contributed by atoms with van der Waals surface area (Å²) in [5, 5.41) is 0. The summed E-state index contributed by atoms with van der Waals surface area (Å²) in [6.45, 7) is 1.39. The fourth-order valence-corrected chi connectivity index (χ4v) is 2.26. The van der Waals surface area contributed by atoms with Crippen LogP contribution in [0.1, 0.15) is 41.6 Å². The lowest BCUT2D eigenvalue weighted by Crippen LogP contribution is -2.31. The van der Waals surface area contributed by atoms with Crippen LogP contribution < -0.4 is 0 Å². The predicted octanol–water partition coefficient (Wildman–Crippen LogP) is 3.72. The predicted molar refractivity (Wildman–Crippen MR) is 65.8 cm³/mol. The maximum absolute atomic E-state index is 12.4. The lowest BCUT2D eigenvalue weighted by atomic mass is 10.1. The highest BCUT2D eigenvalue weighted by molar-refractivity contribution is 5.94. The Kier molecular flexibility index (Phi) is 4.12. The van der Waals surface area contributed by atoms with Crippen molar-refractivity contribution in [3.63, 3.8) is 0 Å². The second kappa shape index (κ2) is 5.63. The first-order valence-electron chi connectivity index (χ1n) is 6.45. The van der Waals surface area contributed by atoms with E-state index < -0.39 is 11.7 Å². The summed E-state index contributed by atoms with van der Waals surface area (Å²) >= 11 is 0. The van der Waals surface area contributed by atoms with Gasteiger partial charge in [0.05, 0.1) is 5.56 Å². The van der Waals surface area contributed by atoms with Gasteiger partial charge < -0.3 is 4.90 Å². The van der Waals surface area contributed by atoms with Crippen molar-refractivity contribution in [2.24, 2.45) is 0 Å². The van der Waals surface area contributed by atoms with Crippen LogP contribution in [0.15, 0.2) is 24.3 Å². The molecule has 0 bridgehead atoms. The van der Waals surface area contributed by atoms with Crippen molar-refractivity contribution >= 4 is 5.91 Å². The molecule has 1 saturated heterocycles. The number of halogens is 3. The number of likely N-dealkylation sites (tertiary alicyclic amines) is 1. The van der Waals surface area contributed by atoms with Gasteiger partial charge in [-0.05, 0) is 37.1 Å². The van der Waals surface area contributed by atoms with E-state index in [0.717, 1.165) is 37.8 Å². The smallest absolute Gasteiger partial charge is 0.339 e. The van der Waals surface area contributed by atoms with Crippen LogP contribution >= 0.6 is 0 Å². The topological polar surface area (TPSA) is 20.3 Å². The molecule has 0 aliphatic carbocycles. The molecule has 1 aromatic carbocycles. The van der Waals surface area contributed by atoms with Gasteiger partial charge in [0, 0.05) is 18.7 Å². The van der Waals surface area contributed by atoms with Crippen LogP contribution in [-0.2, 0) is 6.18 Å². The first-order valence-corrected chi connectivity index (χ1v) is 6.45. The Morgan fingerprint density at radius 1 is 0.947 bits per heavy atom. The molecule has 1 fully saturated rings. The molecule has 0 spiro atoms. The second-order valence-corrected chi connectivity index (χ2v) is 4.78. The molecular formula is C14H16F3NO. The van der Waals surface area contributed by atoms with Gasteiger partial charge in [0.1, 0.15) is 0 Å². The maximum Gasteiger partial charge on any atom is 0.416 e. The van der Waals surface area contributed by atoms with Crippen LogP contribution in [0.5, 0.6) is 0 Å². The number of hydrogen-bond acceptors (Lipinski definition) is 1. The Morgan fingerprint density at radius 3 is 1.95 bits per heavy atom. The SMILES string of the molecule is O=C(c1ccc(C(F)(F)F)cc1)N1CCCCCC1. The molecule has 0 atom stereocenters. The highest BCUT2D eigenvalue weighted by atomic mass is 19.4. The molecule has 2 rings (SSSR count). The van der Waals surface area contributed by atoms with E-state index >= 15 is 0 Å². The summed E-state index contributed by atoms with van der Waals surface area (Å²) in [5.74, 6) is -0.171. The van der Waals surface area contributed by atoms with Gasteiger partial charge in [-0.15, -0.1) is 0 Å². The van der Waals surface area contributed by atoms with Crippen molar-refractivity contribution in [2.45, 2.75) is 31.9 Å². The second-order valence-electron chi connectivity index (χ2n) is 4.78. The lowest BCUT2D eigenvalue weighted by Gasteiger charge is -2.20. The Bertz CT molecular complexity index is 431. The summed E-state index contributed by atoms with van der Waals surface area (Å²) in [4.78, 5) is 13.9. The van der Waals surface area contributed by atoms with E-state index in [9.17, 15) is 18.0 Å². The van der Waals surface area contributed by atoms with Crippen molar-refractivity contribution in [3.8, 4) is 0 Å². The number of nitrogens with zero attached hydrogens (tertiary/aromatic N) is 1. The highest BCUT2D eigenvalue weighted by Gasteiger charge is 2.30. The van der Waals surface area contributed by atoms with Crippen molar-refractivity contribution in [1.29, 1.82) is 0 Å². The molecule has 0 unspecified atom stereocenters. The van der Waals surface area contributed by atoms with Gasteiger partial charge in [0.15, 0.2) is 0 Å². The van der Waals surface area contributed by atoms with Crippen molar-refractivity contribution in [2.75, 3.05) is 13.1 Å². The van der Waals surface area contributed by atoms with Gasteiger partial charge in [-0.3, -0.25) is 4.79 Å². The number of amides is 1. The minimum absolute atomic E-state index is 0.171. The van der Waals surface area contributed by atoms with Gasteiger partial charge in [-0.25, -0.2) is 0 Å². The summed E-state index contributed by atoms with van der Waals surface area (Å²) in [6.07, 6.45) is -0.212. The van der Waals surface area contributed by atoms with Gasteiger partial charge in [-0.2, -0.15) is 13.2 Å². The fourth-order valence-electron chi connectivity index (χ4n) is 2.26. The van der Waals surface area contributed by atoms with Crippen LogP contribution in [0.25, 0.3) is 0 Å². The Labute approximate surface area is 110 Å². The van der Waals surface area contributed by atoms with Gasteiger partial charge in [-0.1, -0.05) is 12.8 Å². The van der Waals surface area contributed by atoms with Crippen molar-refractivity contribution < 1.29 is 18.0 Å². The molecule has 0 radical (unpaired) electrons. The molecule has 0 aromatic heterocycles. The molecule has 104 valence electrons.